The number of methoxy groups -OCH3 is 1. The lowest BCUT2D eigenvalue weighted by atomic mass is 9.90. The van der Waals surface area contributed by atoms with Gasteiger partial charge in [-0.05, 0) is 18.4 Å². The predicted molar refractivity (Wildman–Crippen MR) is 84.0 cm³/mol. The van der Waals surface area contributed by atoms with Crippen molar-refractivity contribution in [3.8, 4) is 0 Å². The van der Waals surface area contributed by atoms with Gasteiger partial charge in [0.05, 0.1) is 13.7 Å². The van der Waals surface area contributed by atoms with Gasteiger partial charge in [-0.3, -0.25) is 0 Å². The van der Waals surface area contributed by atoms with E-state index in [0.717, 1.165) is 6.42 Å². The summed E-state index contributed by atoms with van der Waals surface area (Å²) in [5, 5.41) is 39.2. The van der Waals surface area contributed by atoms with E-state index in [-0.39, 0.29) is 17.0 Å². The van der Waals surface area contributed by atoms with Crippen molar-refractivity contribution in [1.29, 1.82) is 0 Å². The van der Waals surface area contributed by atoms with E-state index in [0.29, 0.717) is 18.4 Å². The lowest BCUT2D eigenvalue weighted by Gasteiger charge is -2.33. The standard InChI is InChI=1S/C16H23NO8/c1-3-4-5-7-9-11(17-10(7)15(22)24-2)16(23)25-14(13(9)21)12(20)8(19)6-18/h8,12-14,17-21H,3-6H2,1-2H3. The fourth-order valence-corrected chi connectivity index (χ4v) is 2.92. The molecule has 5 N–H and O–H groups in total. The smallest absolute Gasteiger partial charge is 0.355 e. The highest BCUT2D eigenvalue weighted by Gasteiger charge is 2.44. The Hall–Kier alpha value is -1.94. The molecule has 1 aromatic heterocycles. The molecule has 0 radical (unpaired) electrons. The maximum atomic E-state index is 12.2. The van der Waals surface area contributed by atoms with Gasteiger partial charge >= 0.3 is 11.9 Å². The van der Waals surface area contributed by atoms with Gasteiger partial charge in [-0.25, -0.2) is 9.59 Å². The molecule has 0 aliphatic carbocycles. The number of rotatable bonds is 7. The number of ether oxygens (including phenoxy) is 2. The molecule has 140 valence electrons. The number of cyclic esters (lactones) is 1. The van der Waals surface area contributed by atoms with Crippen LogP contribution in [0.25, 0.3) is 0 Å². The van der Waals surface area contributed by atoms with E-state index < -0.39 is 43.0 Å². The van der Waals surface area contributed by atoms with Crippen LogP contribution in [0, 0.1) is 0 Å². The van der Waals surface area contributed by atoms with E-state index in [1.54, 1.807) is 0 Å². The molecule has 0 saturated carbocycles. The fourth-order valence-electron chi connectivity index (χ4n) is 2.92. The number of hydrogen-bond acceptors (Lipinski definition) is 8. The summed E-state index contributed by atoms with van der Waals surface area (Å²) in [5.74, 6) is -1.56. The van der Waals surface area contributed by atoms with E-state index >= 15 is 0 Å². The number of aromatic amines is 1. The lowest BCUT2D eigenvalue weighted by molar-refractivity contribution is -0.126. The summed E-state index contributed by atoms with van der Waals surface area (Å²) in [6.45, 7) is 1.18. The van der Waals surface area contributed by atoms with Crippen LogP contribution in [0.5, 0.6) is 0 Å². The minimum atomic E-state index is -1.69. The Morgan fingerprint density at radius 3 is 2.64 bits per heavy atom. The number of aliphatic hydroxyl groups excluding tert-OH is 4. The number of carbonyl (C=O) groups is 2. The van der Waals surface area contributed by atoms with Gasteiger partial charge in [-0.2, -0.15) is 0 Å². The van der Waals surface area contributed by atoms with Crippen LogP contribution in [0.3, 0.4) is 0 Å². The molecular formula is C16H23NO8. The first kappa shape index (κ1) is 19.4. The molecule has 2 heterocycles. The highest BCUT2D eigenvalue weighted by molar-refractivity contribution is 5.97. The quantitative estimate of drug-likeness (QED) is 0.407. The van der Waals surface area contributed by atoms with Crippen LogP contribution in [0.15, 0.2) is 0 Å². The molecule has 4 atom stereocenters. The Balaban J connectivity index is 2.50. The first-order valence-electron chi connectivity index (χ1n) is 8.06. The molecule has 4 unspecified atom stereocenters. The van der Waals surface area contributed by atoms with E-state index in [9.17, 15) is 24.9 Å². The van der Waals surface area contributed by atoms with Crippen LogP contribution in [0.4, 0.5) is 0 Å². The fraction of sp³-hybridized carbons (Fsp3) is 0.625. The van der Waals surface area contributed by atoms with Crippen molar-refractivity contribution < 1.29 is 39.5 Å². The van der Waals surface area contributed by atoms with Crippen molar-refractivity contribution in [2.24, 2.45) is 0 Å². The number of aromatic nitrogens is 1. The molecule has 1 aliphatic rings. The summed E-state index contributed by atoms with van der Waals surface area (Å²) >= 11 is 0. The highest BCUT2D eigenvalue weighted by Crippen LogP contribution is 2.36. The van der Waals surface area contributed by atoms with Crippen molar-refractivity contribution in [3.63, 3.8) is 0 Å². The molecule has 2 rings (SSSR count). The van der Waals surface area contributed by atoms with Crippen molar-refractivity contribution in [2.45, 2.75) is 50.6 Å². The van der Waals surface area contributed by atoms with E-state index in [4.69, 9.17) is 14.6 Å². The van der Waals surface area contributed by atoms with Gasteiger partial charge in [0.25, 0.3) is 0 Å². The molecule has 9 nitrogen and oxygen atoms in total. The van der Waals surface area contributed by atoms with Crippen LogP contribution in [-0.2, 0) is 15.9 Å². The van der Waals surface area contributed by atoms with Gasteiger partial charge in [-0.15, -0.1) is 0 Å². The van der Waals surface area contributed by atoms with Gasteiger partial charge in [0, 0.05) is 5.56 Å². The molecule has 1 aromatic rings. The maximum absolute atomic E-state index is 12.2. The zero-order valence-corrected chi connectivity index (χ0v) is 14.1. The van der Waals surface area contributed by atoms with E-state index in [1.165, 1.54) is 7.11 Å². The summed E-state index contributed by atoms with van der Waals surface area (Å²) in [5.41, 5.74) is 0.540. The van der Waals surface area contributed by atoms with Crippen LogP contribution in [-0.4, -0.2) is 69.4 Å². The molecule has 25 heavy (non-hydrogen) atoms. The molecule has 0 spiro atoms. The normalized spacial score (nSPS) is 22.1. The monoisotopic (exact) mass is 357 g/mol. The van der Waals surface area contributed by atoms with Crippen LogP contribution in [0.1, 0.15) is 58.0 Å². The number of carbonyl (C=O) groups excluding carboxylic acids is 2. The van der Waals surface area contributed by atoms with Gasteiger partial charge in [0.1, 0.15) is 29.7 Å². The Bertz CT molecular complexity index is 640. The topological polar surface area (TPSA) is 149 Å². The molecular weight excluding hydrogens is 334 g/mol. The molecule has 1 aliphatic heterocycles. The second kappa shape index (κ2) is 7.96. The Morgan fingerprint density at radius 2 is 2.08 bits per heavy atom. The lowest BCUT2D eigenvalue weighted by Crippen LogP contribution is -2.47. The highest BCUT2D eigenvalue weighted by atomic mass is 16.6. The Kier molecular flexibility index (Phi) is 6.17. The molecule has 0 aromatic carbocycles. The van der Waals surface area contributed by atoms with Crippen molar-refractivity contribution in [1.82, 2.24) is 4.98 Å². The van der Waals surface area contributed by atoms with Crippen molar-refractivity contribution >= 4 is 11.9 Å². The molecule has 9 heteroatoms. The Morgan fingerprint density at radius 1 is 1.40 bits per heavy atom. The number of nitrogens with one attached hydrogen (secondary N) is 1. The number of unbranched alkanes of at least 4 members (excludes halogenated alkanes) is 1. The minimum absolute atomic E-state index is 0.0507. The summed E-state index contributed by atoms with van der Waals surface area (Å²) in [6, 6.07) is 0. The van der Waals surface area contributed by atoms with Crippen LogP contribution < -0.4 is 0 Å². The first-order chi connectivity index (χ1) is 11.9. The van der Waals surface area contributed by atoms with Crippen LogP contribution >= 0.6 is 0 Å². The van der Waals surface area contributed by atoms with E-state index in [2.05, 4.69) is 4.98 Å². The third-order valence-corrected chi connectivity index (χ3v) is 4.29. The predicted octanol–water partition coefficient (Wildman–Crippen LogP) is -0.570. The third-order valence-electron chi connectivity index (χ3n) is 4.29. The van der Waals surface area contributed by atoms with Gasteiger partial charge < -0.3 is 34.9 Å². The maximum Gasteiger partial charge on any atom is 0.355 e. The number of H-pyrrole nitrogens is 1. The van der Waals surface area contributed by atoms with Gasteiger partial charge in [-0.1, -0.05) is 13.3 Å². The van der Waals surface area contributed by atoms with Gasteiger partial charge in [0.2, 0.25) is 0 Å². The summed E-state index contributed by atoms with van der Waals surface area (Å²) in [7, 11) is 1.20. The third kappa shape index (κ3) is 3.54. The second-order valence-corrected chi connectivity index (χ2v) is 5.92. The SMILES string of the molecule is CCCCc1c(C(=O)OC)[nH]c2c1C(O)C(C(O)C(O)CO)OC2=O. The average molecular weight is 357 g/mol. The number of fused-ring (bicyclic) bond motifs is 1. The largest absolute Gasteiger partial charge is 0.464 e. The zero-order valence-electron chi connectivity index (χ0n) is 14.1. The number of esters is 2. The first-order valence-corrected chi connectivity index (χ1v) is 8.06. The average Bonchev–Trinajstić information content (AvgIpc) is 3.01. The summed E-state index contributed by atoms with van der Waals surface area (Å²) in [4.78, 5) is 26.9. The van der Waals surface area contributed by atoms with Gasteiger partial charge in [0.15, 0.2) is 6.10 Å². The number of aliphatic hydroxyl groups is 4. The molecule has 0 amide bonds. The molecule has 0 saturated heterocycles. The summed E-state index contributed by atoms with van der Waals surface area (Å²) in [6.07, 6.45) is -4.30. The minimum Gasteiger partial charge on any atom is -0.464 e. The van der Waals surface area contributed by atoms with Crippen molar-refractivity contribution in [3.05, 3.63) is 22.5 Å². The van der Waals surface area contributed by atoms with Crippen molar-refractivity contribution in [2.75, 3.05) is 13.7 Å². The summed E-state index contributed by atoms with van der Waals surface area (Å²) < 4.78 is 9.71. The number of hydrogen-bond donors (Lipinski definition) is 5. The molecule has 0 bridgehead atoms. The van der Waals surface area contributed by atoms with E-state index in [1.807, 2.05) is 6.92 Å². The van der Waals surface area contributed by atoms with Crippen LogP contribution in [0.2, 0.25) is 0 Å². The Labute approximate surface area is 144 Å². The second-order valence-electron chi connectivity index (χ2n) is 5.92. The zero-order chi connectivity index (χ0) is 18.7. The molecule has 0 fully saturated rings.